The molecule has 0 aromatic carbocycles. The van der Waals surface area contributed by atoms with Gasteiger partial charge in [-0.3, -0.25) is 4.79 Å². The van der Waals surface area contributed by atoms with E-state index in [9.17, 15) is 4.79 Å². The summed E-state index contributed by atoms with van der Waals surface area (Å²) in [5.41, 5.74) is 9.28. The summed E-state index contributed by atoms with van der Waals surface area (Å²) in [4.78, 5) is 28.5. The smallest absolute Gasteiger partial charge is 0.273 e. The molecule has 2 aliphatic heterocycles. The van der Waals surface area contributed by atoms with Crippen molar-refractivity contribution in [1.82, 2.24) is 30.5 Å². The number of hydrogen-bond acceptors (Lipinski definition) is 9. The van der Waals surface area contributed by atoms with Crippen molar-refractivity contribution in [2.75, 3.05) is 25.9 Å². The van der Waals surface area contributed by atoms with E-state index in [1.54, 1.807) is 6.20 Å². The van der Waals surface area contributed by atoms with Gasteiger partial charge in [-0.25, -0.2) is 15.0 Å². The number of dihydropyridines is 1. The molecule has 1 saturated heterocycles. The molecule has 1 amide bonds. The predicted octanol–water partition coefficient (Wildman–Crippen LogP) is 2.35. The average molecular weight is 449 g/mol. The summed E-state index contributed by atoms with van der Waals surface area (Å²) in [6.07, 6.45) is 12.6. The summed E-state index contributed by atoms with van der Waals surface area (Å²) < 4.78 is 5.46. The maximum atomic E-state index is 13.0. The minimum Gasteiger partial charge on any atom is -0.443 e. The molecule has 33 heavy (non-hydrogen) atoms. The topological polar surface area (TPSA) is 146 Å². The fraction of sp³-hybridized carbons (Fsp3) is 0.348. The van der Waals surface area contributed by atoms with Crippen LogP contribution in [0.5, 0.6) is 0 Å². The van der Waals surface area contributed by atoms with Gasteiger partial charge in [-0.05, 0) is 50.6 Å². The molecular weight excluding hydrogens is 420 g/mol. The number of likely N-dealkylation sites (N-methyl/N-ethyl adjacent to an activating group) is 1. The van der Waals surface area contributed by atoms with E-state index in [-0.39, 0.29) is 23.3 Å². The maximum Gasteiger partial charge on any atom is 0.273 e. The summed E-state index contributed by atoms with van der Waals surface area (Å²) in [6, 6.07) is 0.297. The monoisotopic (exact) mass is 448 g/mol. The largest absolute Gasteiger partial charge is 0.443 e. The molecule has 172 valence electrons. The number of oxazole rings is 1. The molecule has 1 unspecified atom stereocenters. The highest BCUT2D eigenvalue weighted by Gasteiger charge is 2.25. The number of allylic oxidation sites excluding steroid dienone is 4. The Morgan fingerprint density at radius 3 is 2.94 bits per heavy atom. The van der Waals surface area contributed by atoms with E-state index >= 15 is 0 Å². The van der Waals surface area contributed by atoms with Crippen LogP contribution in [-0.4, -0.2) is 58.2 Å². The summed E-state index contributed by atoms with van der Waals surface area (Å²) in [5, 5.41) is 13.8. The summed E-state index contributed by atoms with van der Waals surface area (Å²) in [7, 11) is 2.06. The molecule has 2 aromatic rings. The van der Waals surface area contributed by atoms with Crippen molar-refractivity contribution in [3.63, 3.8) is 0 Å². The standard InChI is InChI=1S/C23H28N8O2/c1-3-14(12-24)17-11-15(6-7-26-17)18-19(23-27-8-10-33-23)30-21(25)20(29-18)22(32)28-13-16-5-4-9-31(16)2/h6-8,10-12,16,24,26H,3-5,9,13H2,1-2H3,(H2,25,30)(H,28,32)/b17-14-,24-12?. The molecule has 0 spiro atoms. The number of rotatable bonds is 7. The van der Waals surface area contributed by atoms with Crippen LogP contribution >= 0.6 is 0 Å². The normalized spacial score (nSPS) is 19.7. The number of carbonyl (C=O) groups is 1. The molecule has 5 N–H and O–H groups in total. The lowest BCUT2D eigenvalue weighted by Crippen LogP contribution is -2.38. The Hall–Kier alpha value is -3.79. The zero-order valence-electron chi connectivity index (χ0n) is 18.8. The number of carbonyl (C=O) groups excluding carboxylic acids is 1. The summed E-state index contributed by atoms with van der Waals surface area (Å²) >= 11 is 0. The molecule has 1 atom stereocenters. The van der Waals surface area contributed by atoms with Crippen LogP contribution in [0.25, 0.3) is 17.2 Å². The molecule has 0 radical (unpaired) electrons. The van der Waals surface area contributed by atoms with Gasteiger partial charge < -0.3 is 31.1 Å². The Labute approximate surface area is 192 Å². The number of amides is 1. The highest BCUT2D eigenvalue weighted by Crippen LogP contribution is 2.30. The van der Waals surface area contributed by atoms with Crippen LogP contribution < -0.4 is 16.4 Å². The Morgan fingerprint density at radius 2 is 2.27 bits per heavy atom. The molecule has 4 rings (SSSR count). The van der Waals surface area contributed by atoms with E-state index in [4.69, 9.17) is 15.6 Å². The zero-order valence-corrected chi connectivity index (χ0v) is 18.8. The third kappa shape index (κ3) is 4.70. The fourth-order valence-corrected chi connectivity index (χ4v) is 4.01. The second-order valence-electron chi connectivity index (χ2n) is 7.99. The first-order valence-electron chi connectivity index (χ1n) is 11.0. The predicted molar refractivity (Wildman–Crippen MR) is 126 cm³/mol. The van der Waals surface area contributed by atoms with Crippen LogP contribution in [0, 0.1) is 5.41 Å². The van der Waals surface area contributed by atoms with E-state index in [0.717, 1.165) is 30.7 Å². The van der Waals surface area contributed by atoms with Crippen molar-refractivity contribution in [2.45, 2.75) is 32.2 Å². The Balaban J connectivity index is 1.73. The van der Waals surface area contributed by atoms with Crippen molar-refractivity contribution in [1.29, 1.82) is 5.41 Å². The van der Waals surface area contributed by atoms with Crippen molar-refractivity contribution < 1.29 is 9.21 Å². The minimum absolute atomic E-state index is 0.00671. The Morgan fingerprint density at radius 1 is 1.42 bits per heavy atom. The lowest BCUT2D eigenvalue weighted by molar-refractivity contribution is 0.0939. The lowest BCUT2D eigenvalue weighted by Gasteiger charge is -2.20. The molecule has 1 fully saturated rings. The van der Waals surface area contributed by atoms with Gasteiger partial charge in [0.1, 0.15) is 12.0 Å². The Kier molecular flexibility index (Phi) is 6.64. The molecule has 0 bridgehead atoms. The number of aromatic nitrogens is 3. The fourth-order valence-electron chi connectivity index (χ4n) is 4.01. The number of nitrogens with two attached hydrogens (primary N) is 1. The molecular formula is C23H28N8O2. The molecule has 2 aliphatic rings. The number of hydrogen-bond donors (Lipinski definition) is 4. The van der Waals surface area contributed by atoms with Gasteiger partial charge in [-0.2, -0.15) is 0 Å². The molecule has 4 heterocycles. The molecule has 2 aromatic heterocycles. The first-order chi connectivity index (χ1) is 16.0. The van der Waals surface area contributed by atoms with Crippen molar-refractivity contribution in [2.24, 2.45) is 0 Å². The van der Waals surface area contributed by atoms with Crippen LogP contribution in [0.3, 0.4) is 0 Å². The average Bonchev–Trinajstić information content (AvgIpc) is 3.50. The highest BCUT2D eigenvalue weighted by molar-refractivity contribution is 5.98. The number of nitrogens with zero attached hydrogens (tertiary/aromatic N) is 4. The second kappa shape index (κ2) is 9.78. The first-order valence-corrected chi connectivity index (χ1v) is 11.0. The van der Waals surface area contributed by atoms with Crippen molar-refractivity contribution >= 4 is 23.5 Å². The van der Waals surface area contributed by atoms with Gasteiger partial charge in [0.15, 0.2) is 17.2 Å². The van der Waals surface area contributed by atoms with Crippen LogP contribution in [-0.2, 0) is 0 Å². The van der Waals surface area contributed by atoms with E-state index in [2.05, 4.69) is 37.5 Å². The highest BCUT2D eigenvalue weighted by atomic mass is 16.3. The van der Waals surface area contributed by atoms with Gasteiger partial charge in [-0.15, -0.1) is 0 Å². The number of likely N-dealkylation sites (tertiary alicyclic amines) is 1. The van der Waals surface area contributed by atoms with Crippen LogP contribution in [0.1, 0.15) is 42.4 Å². The Bertz CT molecular complexity index is 1130. The van der Waals surface area contributed by atoms with E-state index < -0.39 is 0 Å². The van der Waals surface area contributed by atoms with Crippen molar-refractivity contribution in [3.05, 3.63) is 53.5 Å². The SMILES string of the molecule is CC/C(C=N)=C1\C=C(c2nc(C(=O)NCC3CCCN3C)c(N)nc2-c2ncco2)C=CN1. The van der Waals surface area contributed by atoms with Gasteiger partial charge >= 0.3 is 0 Å². The third-order valence-electron chi connectivity index (χ3n) is 5.92. The van der Waals surface area contributed by atoms with Gasteiger partial charge in [-0.1, -0.05) is 6.92 Å². The number of nitrogens with one attached hydrogen (secondary N) is 3. The molecule has 0 aliphatic carbocycles. The van der Waals surface area contributed by atoms with Gasteiger partial charge in [0.2, 0.25) is 5.89 Å². The molecule has 10 heteroatoms. The quantitative estimate of drug-likeness (QED) is 0.472. The third-order valence-corrected chi connectivity index (χ3v) is 5.92. The minimum atomic E-state index is -0.372. The van der Waals surface area contributed by atoms with Gasteiger partial charge in [0.05, 0.1) is 6.20 Å². The lowest BCUT2D eigenvalue weighted by atomic mass is 10.0. The second-order valence-corrected chi connectivity index (χ2v) is 7.99. The summed E-state index contributed by atoms with van der Waals surface area (Å²) in [5.74, 6) is -0.111. The van der Waals surface area contributed by atoms with E-state index in [1.807, 2.05) is 19.1 Å². The molecule has 0 saturated carbocycles. The van der Waals surface area contributed by atoms with Crippen LogP contribution in [0.15, 0.2) is 46.5 Å². The first kappa shape index (κ1) is 22.4. The molecule has 10 nitrogen and oxygen atoms in total. The van der Waals surface area contributed by atoms with Crippen molar-refractivity contribution in [3.8, 4) is 11.6 Å². The van der Waals surface area contributed by atoms with Crippen LogP contribution in [0.4, 0.5) is 5.82 Å². The number of nitrogen functional groups attached to an aromatic ring is 1. The van der Waals surface area contributed by atoms with Gasteiger partial charge in [0.25, 0.3) is 5.91 Å². The summed E-state index contributed by atoms with van der Waals surface area (Å²) in [6.45, 7) is 3.52. The van der Waals surface area contributed by atoms with E-state index in [0.29, 0.717) is 36.0 Å². The number of anilines is 1. The maximum absolute atomic E-state index is 13.0. The van der Waals surface area contributed by atoms with Crippen LogP contribution in [0.2, 0.25) is 0 Å². The van der Waals surface area contributed by atoms with Gasteiger partial charge in [0, 0.05) is 36.3 Å². The zero-order chi connectivity index (χ0) is 23.4. The van der Waals surface area contributed by atoms with E-state index in [1.165, 1.54) is 18.7 Å².